The molecule has 0 radical (unpaired) electrons. The average Bonchev–Trinajstić information content (AvgIpc) is 3.48. The minimum Gasteiger partial charge on any atom is -0.475 e. The molecule has 214 valence electrons. The zero-order valence-electron chi connectivity index (χ0n) is 20.4. The van der Waals surface area contributed by atoms with E-state index in [1.807, 2.05) is 24.5 Å². The molecule has 3 aromatic rings. The Labute approximate surface area is 217 Å². The van der Waals surface area contributed by atoms with Gasteiger partial charge in [0.2, 0.25) is 0 Å². The smallest absolute Gasteiger partial charge is 0.475 e. The maximum Gasteiger partial charge on any atom is 0.490 e. The van der Waals surface area contributed by atoms with Gasteiger partial charge in [0.05, 0.1) is 25.0 Å². The molecule has 0 amide bonds. The first-order valence-electron chi connectivity index (χ1n) is 11.0. The van der Waals surface area contributed by atoms with Crippen LogP contribution in [0.1, 0.15) is 22.8 Å². The number of aromatic nitrogens is 4. The van der Waals surface area contributed by atoms with Crippen molar-refractivity contribution in [1.29, 1.82) is 0 Å². The SMILES string of the molecule is CN(Cc1cncnc1)Cc1cn2c(n1)CN(Cc1ccco1)CC2.O=C(O)C(F)(F)F.O=C(O)C(F)(F)F. The molecule has 1 aliphatic rings. The lowest BCUT2D eigenvalue weighted by Crippen LogP contribution is -2.33. The lowest BCUT2D eigenvalue weighted by Gasteiger charge is -2.26. The Kier molecular flexibility index (Phi) is 11.0. The number of hydrogen-bond acceptors (Lipinski definition) is 8. The third-order valence-electron chi connectivity index (χ3n) is 4.87. The third-order valence-corrected chi connectivity index (χ3v) is 4.87. The highest BCUT2D eigenvalue weighted by Crippen LogP contribution is 2.17. The van der Waals surface area contributed by atoms with E-state index < -0.39 is 24.3 Å². The molecule has 0 unspecified atom stereocenters. The van der Waals surface area contributed by atoms with Crippen molar-refractivity contribution in [3.8, 4) is 0 Å². The third kappa shape index (κ3) is 11.1. The molecule has 0 spiro atoms. The fourth-order valence-corrected chi connectivity index (χ4v) is 3.25. The molecule has 0 bridgehead atoms. The molecule has 39 heavy (non-hydrogen) atoms. The highest BCUT2D eigenvalue weighted by atomic mass is 19.4. The number of carboxylic acids is 2. The first-order chi connectivity index (χ1) is 18.1. The lowest BCUT2D eigenvalue weighted by atomic mass is 10.3. The number of hydrogen-bond donors (Lipinski definition) is 2. The van der Waals surface area contributed by atoms with Gasteiger partial charge in [0.15, 0.2) is 0 Å². The van der Waals surface area contributed by atoms with E-state index in [0.29, 0.717) is 0 Å². The molecule has 2 N–H and O–H groups in total. The topological polar surface area (TPSA) is 138 Å². The summed E-state index contributed by atoms with van der Waals surface area (Å²) in [4.78, 5) is 35.4. The molecular weight excluding hydrogens is 542 g/mol. The predicted octanol–water partition coefficient (Wildman–Crippen LogP) is 3.18. The van der Waals surface area contributed by atoms with Crippen LogP contribution in [0.25, 0.3) is 0 Å². The lowest BCUT2D eigenvalue weighted by molar-refractivity contribution is -0.193. The zero-order chi connectivity index (χ0) is 29.2. The van der Waals surface area contributed by atoms with E-state index in [-0.39, 0.29) is 0 Å². The summed E-state index contributed by atoms with van der Waals surface area (Å²) in [6, 6.07) is 3.96. The van der Waals surface area contributed by atoms with Gasteiger partial charge in [-0.2, -0.15) is 26.3 Å². The van der Waals surface area contributed by atoms with Gasteiger partial charge >= 0.3 is 24.3 Å². The molecule has 0 fully saturated rings. The molecular formula is C22H24F6N6O5. The number of fused-ring (bicyclic) bond motifs is 1. The zero-order valence-corrected chi connectivity index (χ0v) is 20.4. The average molecular weight is 566 g/mol. The second kappa shape index (κ2) is 13.7. The van der Waals surface area contributed by atoms with Crippen LogP contribution in [0.5, 0.6) is 0 Å². The molecule has 11 nitrogen and oxygen atoms in total. The quantitative estimate of drug-likeness (QED) is 0.428. The Morgan fingerprint density at radius 2 is 1.62 bits per heavy atom. The number of halogens is 6. The van der Waals surface area contributed by atoms with Crippen molar-refractivity contribution in [3.63, 3.8) is 0 Å². The minimum atomic E-state index is -5.08. The second-order valence-corrected chi connectivity index (χ2v) is 8.16. The van der Waals surface area contributed by atoms with Crippen LogP contribution in [-0.2, 0) is 42.3 Å². The Morgan fingerprint density at radius 1 is 1.03 bits per heavy atom. The standard InChI is InChI=1S/C18H22N6O.2C2HF3O2/c1-22(9-15-7-19-14-20-8-15)10-16-11-24-5-4-23(13-18(24)21-16)12-17-3-2-6-25-17;2*3-2(4,5)1(6)7/h2-3,6-8,11,14H,4-5,9-10,12-13H2,1H3;2*(H,6,7). The minimum absolute atomic E-state index is 0.813. The predicted molar refractivity (Wildman–Crippen MR) is 120 cm³/mol. The van der Waals surface area contributed by atoms with Crippen molar-refractivity contribution >= 4 is 11.9 Å². The van der Waals surface area contributed by atoms with Crippen LogP contribution in [0.15, 0.2) is 47.7 Å². The molecule has 1 aliphatic heterocycles. The first-order valence-corrected chi connectivity index (χ1v) is 11.0. The summed E-state index contributed by atoms with van der Waals surface area (Å²) in [5.74, 6) is -3.38. The van der Waals surface area contributed by atoms with E-state index in [0.717, 1.165) is 62.1 Å². The maximum absolute atomic E-state index is 10.6. The number of carboxylic acid groups (broad SMARTS) is 2. The highest BCUT2D eigenvalue weighted by Gasteiger charge is 2.38. The molecule has 0 saturated heterocycles. The molecule has 4 heterocycles. The fraction of sp³-hybridized carbons (Fsp3) is 0.409. The fourth-order valence-electron chi connectivity index (χ4n) is 3.25. The Morgan fingerprint density at radius 3 is 2.13 bits per heavy atom. The number of imidazole rings is 1. The molecule has 17 heteroatoms. The van der Waals surface area contributed by atoms with Crippen LogP contribution in [0.2, 0.25) is 0 Å². The van der Waals surface area contributed by atoms with E-state index in [9.17, 15) is 26.3 Å². The molecule has 3 aromatic heterocycles. The van der Waals surface area contributed by atoms with Crippen LogP contribution in [0, 0.1) is 0 Å². The summed E-state index contributed by atoms with van der Waals surface area (Å²) in [6.45, 7) is 5.31. The van der Waals surface area contributed by atoms with Crippen molar-refractivity contribution in [2.45, 2.75) is 45.1 Å². The van der Waals surface area contributed by atoms with Crippen LogP contribution in [-0.4, -0.2) is 77.4 Å². The van der Waals surface area contributed by atoms with Gasteiger partial charge in [-0.05, 0) is 19.2 Å². The number of furan rings is 1. The van der Waals surface area contributed by atoms with Crippen molar-refractivity contribution in [1.82, 2.24) is 29.3 Å². The number of aliphatic carboxylic acids is 2. The molecule has 0 aliphatic carbocycles. The van der Waals surface area contributed by atoms with Gasteiger partial charge in [-0.25, -0.2) is 24.5 Å². The van der Waals surface area contributed by atoms with Gasteiger partial charge in [-0.3, -0.25) is 9.80 Å². The van der Waals surface area contributed by atoms with Gasteiger partial charge < -0.3 is 19.2 Å². The summed E-state index contributed by atoms with van der Waals surface area (Å²) >= 11 is 0. The van der Waals surface area contributed by atoms with Crippen molar-refractivity contribution in [2.24, 2.45) is 0 Å². The molecule has 0 saturated carbocycles. The van der Waals surface area contributed by atoms with E-state index in [2.05, 4.69) is 37.6 Å². The summed E-state index contributed by atoms with van der Waals surface area (Å²) in [5, 5.41) is 14.2. The van der Waals surface area contributed by atoms with Crippen molar-refractivity contribution < 1.29 is 50.6 Å². The van der Waals surface area contributed by atoms with Gasteiger partial charge in [0.25, 0.3) is 0 Å². The molecule has 4 rings (SSSR count). The number of rotatable bonds is 6. The molecule has 0 atom stereocenters. The van der Waals surface area contributed by atoms with Crippen LogP contribution >= 0.6 is 0 Å². The second-order valence-electron chi connectivity index (χ2n) is 8.16. The summed E-state index contributed by atoms with van der Waals surface area (Å²) < 4.78 is 71.2. The Bertz CT molecular complexity index is 1160. The monoisotopic (exact) mass is 566 g/mol. The number of alkyl halides is 6. The van der Waals surface area contributed by atoms with Crippen molar-refractivity contribution in [3.05, 3.63) is 66.2 Å². The van der Waals surface area contributed by atoms with E-state index in [1.165, 1.54) is 0 Å². The van der Waals surface area contributed by atoms with Gasteiger partial charge in [0, 0.05) is 50.3 Å². The van der Waals surface area contributed by atoms with E-state index >= 15 is 0 Å². The van der Waals surface area contributed by atoms with Crippen LogP contribution < -0.4 is 0 Å². The van der Waals surface area contributed by atoms with E-state index in [4.69, 9.17) is 29.2 Å². The summed E-state index contributed by atoms with van der Waals surface area (Å²) in [5.41, 5.74) is 2.22. The number of nitrogens with zero attached hydrogens (tertiary/aromatic N) is 6. The van der Waals surface area contributed by atoms with Gasteiger partial charge in [-0.15, -0.1) is 0 Å². The molecule has 0 aromatic carbocycles. The van der Waals surface area contributed by atoms with Gasteiger partial charge in [-0.1, -0.05) is 0 Å². The summed E-state index contributed by atoms with van der Waals surface area (Å²) in [7, 11) is 2.09. The van der Waals surface area contributed by atoms with Crippen LogP contribution in [0.4, 0.5) is 26.3 Å². The Hall–Kier alpha value is -3.99. The normalized spacial score (nSPS) is 13.5. The maximum atomic E-state index is 10.6. The van der Waals surface area contributed by atoms with Crippen LogP contribution in [0.3, 0.4) is 0 Å². The largest absolute Gasteiger partial charge is 0.490 e. The summed E-state index contributed by atoms with van der Waals surface area (Å²) in [6.07, 6.45) is -0.993. The van der Waals surface area contributed by atoms with Crippen molar-refractivity contribution in [2.75, 3.05) is 13.6 Å². The van der Waals surface area contributed by atoms with E-state index in [1.54, 1.807) is 12.6 Å². The highest BCUT2D eigenvalue weighted by molar-refractivity contribution is 5.73. The Balaban J connectivity index is 0.000000317. The first kappa shape index (κ1) is 31.2. The number of carbonyl (C=O) groups is 2. The van der Waals surface area contributed by atoms with Gasteiger partial charge in [0.1, 0.15) is 17.9 Å².